The van der Waals surface area contributed by atoms with Crippen molar-refractivity contribution in [1.82, 2.24) is 4.90 Å². The van der Waals surface area contributed by atoms with Crippen LogP contribution in [0.1, 0.15) is 27.8 Å². The molecule has 0 saturated heterocycles. The number of aryl methyl sites for hydroxylation is 1. The van der Waals surface area contributed by atoms with Crippen molar-refractivity contribution in [1.29, 1.82) is 0 Å². The van der Waals surface area contributed by atoms with Gasteiger partial charge in [-0.2, -0.15) is 0 Å². The minimum atomic E-state index is -0.280. The summed E-state index contributed by atoms with van der Waals surface area (Å²) in [5.74, 6) is 0.776. The van der Waals surface area contributed by atoms with Crippen LogP contribution in [0.2, 0.25) is 5.02 Å². The molecule has 0 fully saturated rings. The Labute approximate surface area is 185 Å². The summed E-state index contributed by atoms with van der Waals surface area (Å²) in [4.78, 5) is 15.1. The van der Waals surface area contributed by atoms with Crippen molar-refractivity contribution >= 4 is 22.6 Å². The molecule has 1 aromatic heterocycles. The molecule has 1 aliphatic heterocycles. The third-order valence-corrected chi connectivity index (χ3v) is 6.09. The summed E-state index contributed by atoms with van der Waals surface area (Å²) in [5.41, 5.74) is 5.17. The first-order chi connectivity index (χ1) is 15.1. The highest BCUT2D eigenvalue weighted by atomic mass is 35.5. The normalized spacial score (nSPS) is 13.7. The molecule has 0 radical (unpaired) electrons. The van der Waals surface area contributed by atoms with Crippen molar-refractivity contribution in [3.05, 3.63) is 110 Å². The Balaban J connectivity index is 1.50. The van der Waals surface area contributed by atoms with Gasteiger partial charge in [0.2, 0.25) is 0 Å². The van der Waals surface area contributed by atoms with Crippen molar-refractivity contribution in [3.8, 4) is 5.75 Å². The standard InChI is InChI=1S/C26H22ClNO3/c1-17-21-11-12-24-23(15-28(16-30-24)14-19-7-9-20(27)10-8-19)25(21)31-26(29)22(17)13-18-5-3-2-4-6-18/h2-12H,13-16H2,1H3. The van der Waals surface area contributed by atoms with Crippen molar-refractivity contribution in [2.75, 3.05) is 6.73 Å². The van der Waals surface area contributed by atoms with Gasteiger partial charge in [0.15, 0.2) is 0 Å². The second-order valence-corrected chi connectivity index (χ2v) is 8.40. The SMILES string of the molecule is Cc1c(Cc2ccccc2)c(=O)oc2c3c(ccc12)OCN(Cc1ccc(Cl)cc1)C3. The first-order valence-corrected chi connectivity index (χ1v) is 10.7. The summed E-state index contributed by atoms with van der Waals surface area (Å²) in [5, 5.41) is 1.68. The average molecular weight is 432 g/mol. The van der Waals surface area contributed by atoms with Gasteiger partial charge in [0.1, 0.15) is 18.1 Å². The van der Waals surface area contributed by atoms with Crippen LogP contribution in [0.5, 0.6) is 5.75 Å². The minimum absolute atomic E-state index is 0.280. The first-order valence-electron chi connectivity index (χ1n) is 10.3. The van der Waals surface area contributed by atoms with Crippen LogP contribution >= 0.6 is 11.6 Å². The summed E-state index contributed by atoms with van der Waals surface area (Å²) in [6.45, 7) is 3.85. The molecule has 156 valence electrons. The zero-order valence-corrected chi connectivity index (χ0v) is 18.0. The lowest BCUT2D eigenvalue weighted by Gasteiger charge is -2.29. The van der Waals surface area contributed by atoms with E-state index in [4.69, 9.17) is 20.8 Å². The lowest BCUT2D eigenvalue weighted by molar-refractivity contribution is 0.0889. The Morgan fingerprint density at radius 3 is 2.52 bits per heavy atom. The highest BCUT2D eigenvalue weighted by Crippen LogP contribution is 2.34. The summed E-state index contributed by atoms with van der Waals surface area (Å²) in [6, 6.07) is 21.8. The maximum Gasteiger partial charge on any atom is 0.340 e. The molecule has 0 unspecified atom stereocenters. The quantitative estimate of drug-likeness (QED) is 0.389. The zero-order chi connectivity index (χ0) is 21.4. The van der Waals surface area contributed by atoms with E-state index in [-0.39, 0.29) is 5.63 Å². The number of nitrogens with zero attached hydrogens (tertiary/aromatic N) is 1. The fraction of sp³-hybridized carbons (Fsp3) is 0.192. The minimum Gasteiger partial charge on any atom is -0.478 e. The van der Waals surface area contributed by atoms with E-state index in [2.05, 4.69) is 4.90 Å². The molecule has 4 nitrogen and oxygen atoms in total. The number of hydrogen-bond acceptors (Lipinski definition) is 4. The van der Waals surface area contributed by atoms with E-state index in [0.717, 1.165) is 45.0 Å². The molecule has 2 heterocycles. The van der Waals surface area contributed by atoms with Crippen LogP contribution in [0.15, 0.2) is 75.9 Å². The largest absolute Gasteiger partial charge is 0.478 e. The average Bonchev–Trinajstić information content (AvgIpc) is 2.79. The lowest BCUT2D eigenvalue weighted by Crippen LogP contribution is -2.31. The van der Waals surface area contributed by atoms with Crippen LogP contribution in [0.25, 0.3) is 11.0 Å². The highest BCUT2D eigenvalue weighted by Gasteiger charge is 2.23. The molecule has 5 heteroatoms. The van der Waals surface area contributed by atoms with Gasteiger partial charge in [0.25, 0.3) is 0 Å². The van der Waals surface area contributed by atoms with E-state index in [1.807, 2.05) is 73.7 Å². The van der Waals surface area contributed by atoms with E-state index in [1.165, 1.54) is 0 Å². The predicted octanol–water partition coefficient (Wildman–Crippen LogP) is 5.70. The van der Waals surface area contributed by atoms with Crippen molar-refractivity contribution in [2.24, 2.45) is 0 Å². The summed E-state index contributed by atoms with van der Waals surface area (Å²) < 4.78 is 11.9. The number of halogens is 1. The van der Waals surface area contributed by atoms with Crippen molar-refractivity contribution in [2.45, 2.75) is 26.4 Å². The molecule has 0 atom stereocenters. The van der Waals surface area contributed by atoms with Gasteiger partial charge >= 0.3 is 5.63 Å². The summed E-state index contributed by atoms with van der Waals surface area (Å²) in [7, 11) is 0. The maximum absolute atomic E-state index is 12.9. The Morgan fingerprint density at radius 2 is 1.74 bits per heavy atom. The van der Waals surface area contributed by atoms with E-state index in [9.17, 15) is 4.79 Å². The first kappa shape index (κ1) is 19.9. The molecule has 0 spiro atoms. The molecule has 0 N–H and O–H groups in total. The lowest BCUT2D eigenvalue weighted by atomic mass is 9.97. The maximum atomic E-state index is 12.9. The van der Waals surface area contributed by atoms with Gasteiger partial charge in [-0.05, 0) is 47.9 Å². The van der Waals surface area contributed by atoms with E-state index >= 15 is 0 Å². The number of benzene rings is 3. The van der Waals surface area contributed by atoms with E-state index in [1.54, 1.807) is 0 Å². The van der Waals surface area contributed by atoms with E-state index in [0.29, 0.717) is 30.8 Å². The molecular formula is C26H22ClNO3. The van der Waals surface area contributed by atoms with Crippen LogP contribution in [0.4, 0.5) is 0 Å². The van der Waals surface area contributed by atoms with Gasteiger partial charge < -0.3 is 9.15 Å². The van der Waals surface area contributed by atoms with Gasteiger partial charge in [0.05, 0.1) is 5.56 Å². The summed E-state index contributed by atoms with van der Waals surface area (Å²) >= 11 is 6.00. The number of ether oxygens (including phenoxy) is 1. The van der Waals surface area contributed by atoms with Gasteiger partial charge in [-0.15, -0.1) is 0 Å². The van der Waals surface area contributed by atoms with Gasteiger partial charge in [0, 0.05) is 35.5 Å². The molecule has 0 amide bonds. The number of rotatable bonds is 4. The van der Waals surface area contributed by atoms with E-state index < -0.39 is 0 Å². The predicted molar refractivity (Wildman–Crippen MR) is 123 cm³/mol. The van der Waals surface area contributed by atoms with Crippen LogP contribution in [0.3, 0.4) is 0 Å². The van der Waals surface area contributed by atoms with Crippen LogP contribution in [-0.4, -0.2) is 11.6 Å². The third-order valence-electron chi connectivity index (χ3n) is 5.84. The zero-order valence-electron chi connectivity index (χ0n) is 17.2. The Hall–Kier alpha value is -3.08. The van der Waals surface area contributed by atoms with Gasteiger partial charge in [-0.1, -0.05) is 54.1 Å². The van der Waals surface area contributed by atoms with Crippen molar-refractivity contribution in [3.63, 3.8) is 0 Å². The fourth-order valence-electron chi connectivity index (χ4n) is 4.16. The number of hydrogen-bond donors (Lipinski definition) is 0. The van der Waals surface area contributed by atoms with Crippen LogP contribution < -0.4 is 10.4 Å². The smallest absolute Gasteiger partial charge is 0.340 e. The second kappa shape index (κ2) is 8.22. The molecule has 4 aromatic rings. The molecular weight excluding hydrogens is 410 g/mol. The molecule has 0 bridgehead atoms. The highest BCUT2D eigenvalue weighted by molar-refractivity contribution is 6.30. The van der Waals surface area contributed by atoms with Gasteiger partial charge in [-0.3, -0.25) is 4.90 Å². The number of fused-ring (bicyclic) bond motifs is 3. The Bertz CT molecular complexity index is 1300. The third kappa shape index (κ3) is 3.97. The topological polar surface area (TPSA) is 42.7 Å². The molecule has 0 aliphatic carbocycles. The van der Waals surface area contributed by atoms with Crippen molar-refractivity contribution < 1.29 is 9.15 Å². The molecule has 31 heavy (non-hydrogen) atoms. The Kier molecular flexibility index (Phi) is 5.26. The summed E-state index contributed by atoms with van der Waals surface area (Å²) in [6.07, 6.45) is 0.557. The fourth-order valence-corrected chi connectivity index (χ4v) is 4.29. The van der Waals surface area contributed by atoms with Gasteiger partial charge in [-0.25, -0.2) is 4.79 Å². The molecule has 5 rings (SSSR count). The van der Waals surface area contributed by atoms with Crippen LogP contribution in [-0.2, 0) is 19.5 Å². The van der Waals surface area contributed by atoms with Crippen LogP contribution in [0, 0.1) is 6.92 Å². The molecule has 3 aromatic carbocycles. The molecule has 1 aliphatic rings. The monoisotopic (exact) mass is 431 g/mol. The molecule has 0 saturated carbocycles. The second-order valence-electron chi connectivity index (χ2n) is 7.96. The Morgan fingerprint density at radius 1 is 0.968 bits per heavy atom.